The number of H-pyrrole nitrogens is 1. The molecule has 3 aromatic rings. The highest BCUT2D eigenvalue weighted by Crippen LogP contribution is 2.25. The summed E-state index contributed by atoms with van der Waals surface area (Å²) < 4.78 is 0. The fraction of sp³-hybridized carbons (Fsp3) is 0.200. The van der Waals surface area contributed by atoms with Crippen molar-refractivity contribution in [3.8, 4) is 0 Å². The summed E-state index contributed by atoms with van der Waals surface area (Å²) in [6.45, 7) is 0.777. The molecule has 0 bridgehead atoms. The van der Waals surface area contributed by atoms with Crippen LogP contribution in [-0.4, -0.2) is 29.3 Å². The second-order valence-corrected chi connectivity index (χ2v) is 6.96. The summed E-state index contributed by atoms with van der Waals surface area (Å²) in [5.74, 6) is -0.193. The summed E-state index contributed by atoms with van der Waals surface area (Å²) >= 11 is 5.86. The quantitative estimate of drug-likeness (QED) is 0.664. The third kappa shape index (κ3) is 3.23. The minimum absolute atomic E-state index is 0.0139. The molecule has 132 valence electrons. The van der Waals surface area contributed by atoms with Gasteiger partial charge in [0.15, 0.2) is 6.04 Å². The van der Waals surface area contributed by atoms with Crippen LogP contribution < -0.4 is 10.6 Å². The number of benzene rings is 2. The number of hydrogen-bond donors (Lipinski definition) is 3. The summed E-state index contributed by atoms with van der Waals surface area (Å²) in [6, 6.07) is 14.4. The van der Waals surface area contributed by atoms with E-state index in [4.69, 9.17) is 11.6 Å². The minimum atomic E-state index is -0.420. The monoisotopic (exact) mass is 368 g/mol. The van der Waals surface area contributed by atoms with Crippen molar-refractivity contribution in [1.82, 2.24) is 4.98 Å². The van der Waals surface area contributed by atoms with E-state index in [0.29, 0.717) is 16.4 Å². The van der Waals surface area contributed by atoms with Gasteiger partial charge in [0.05, 0.1) is 18.7 Å². The number of ketones is 1. The highest BCUT2D eigenvalue weighted by molar-refractivity contribution is 6.30. The number of quaternary nitrogens is 1. The van der Waals surface area contributed by atoms with Gasteiger partial charge >= 0.3 is 0 Å². The van der Waals surface area contributed by atoms with E-state index in [1.165, 1.54) is 0 Å². The van der Waals surface area contributed by atoms with Crippen LogP contribution in [-0.2, 0) is 11.2 Å². The molecule has 2 aromatic carbocycles. The van der Waals surface area contributed by atoms with Crippen LogP contribution in [0.15, 0.2) is 48.5 Å². The van der Waals surface area contributed by atoms with Crippen molar-refractivity contribution in [3.05, 3.63) is 64.8 Å². The lowest BCUT2D eigenvalue weighted by Gasteiger charge is -2.12. The van der Waals surface area contributed by atoms with E-state index in [0.717, 1.165) is 29.4 Å². The highest BCUT2D eigenvalue weighted by Gasteiger charge is 2.32. The molecular weight excluding hydrogens is 350 g/mol. The van der Waals surface area contributed by atoms with Gasteiger partial charge in [0.2, 0.25) is 11.7 Å². The molecule has 0 saturated heterocycles. The first-order valence-corrected chi connectivity index (χ1v) is 9.02. The van der Waals surface area contributed by atoms with Crippen LogP contribution in [0, 0.1) is 0 Å². The van der Waals surface area contributed by atoms with Crippen LogP contribution in [0.1, 0.15) is 22.5 Å². The molecule has 1 amide bonds. The van der Waals surface area contributed by atoms with Crippen molar-refractivity contribution < 1.29 is 14.9 Å². The Labute approximate surface area is 155 Å². The number of nitrogens with two attached hydrogens (primary N) is 1. The normalized spacial score (nSPS) is 17.0. The van der Waals surface area contributed by atoms with Crippen LogP contribution in [0.25, 0.3) is 10.9 Å². The van der Waals surface area contributed by atoms with E-state index in [1.807, 2.05) is 29.6 Å². The molecule has 6 heteroatoms. The van der Waals surface area contributed by atoms with Crippen molar-refractivity contribution in [3.63, 3.8) is 0 Å². The van der Waals surface area contributed by atoms with E-state index in [2.05, 4.69) is 10.3 Å². The number of amides is 1. The Kier molecular flexibility index (Phi) is 4.49. The van der Waals surface area contributed by atoms with Crippen molar-refractivity contribution in [2.45, 2.75) is 18.9 Å². The topological polar surface area (TPSA) is 78.6 Å². The molecule has 2 heterocycles. The molecule has 1 aliphatic heterocycles. The Bertz CT molecular complexity index is 978. The molecule has 1 aromatic heterocycles. The number of carbonyl (C=O) groups excluding carboxylic acids is 2. The molecule has 0 spiro atoms. The van der Waals surface area contributed by atoms with Gasteiger partial charge in [-0.3, -0.25) is 9.59 Å². The number of fused-ring (bicyclic) bond motifs is 3. The number of halogens is 1. The van der Waals surface area contributed by atoms with Crippen LogP contribution in [0.4, 0.5) is 5.69 Å². The zero-order valence-electron chi connectivity index (χ0n) is 14.1. The first kappa shape index (κ1) is 16.8. The summed E-state index contributed by atoms with van der Waals surface area (Å²) in [4.78, 5) is 28.6. The third-order valence-electron chi connectivity index (χ3n) is 4.78. The molecule has 0 aliphatic carbocycles. The maximum Gasteiger partial charge on any atom is 0.236 e. The summed E-state index contributed by atoms with van der Waals surface area (Å²) in [5, 5.41) is 6.50. The Balaban J connectivity index is 1.53. The van der Waals surface area contributed by atoms with Crippen LogP contribution in [0.5, 0.6) is 0 Å². The van der Waals surface area contributed by atoms with Crippen molar-refractivity contribution in [1.29, 1.82) is 0 Å². The van der Waals surface area contributed by atoms with Crippen LogP contribution in [0.3, 0.4) is 0 Å². The summed E-state index contributed by atoms with van der Waals surface area (Å²) in [5.41, 5.74) is 3.34. The smallest absolute Gasteiger partial charge is 0.236 e. The van der Waals surface area contributed by atoms with Crippen molar-refractivity contribution in [2.24, 2.45) is 0 Å². The molecule has 4 N–H and O–H groups in total. The van der Waals surface area contributed by atoms with Crippen molar-refractivity contribution in [2.75, 3.05) is 11.9 Å². The van der Waals surface area contributed by atoms with Gasteiger partial charge < -0.3 is 15.6 Å². The number of carbonyl (C=O) groups is 2. The lowest BCUT2D eigenvalue weighted by atomic mass is 10.0. The second-order valence-electron chi connectivity index (χ2n) is 6.53. The number of aromatic amines is 1. The van der Waals surface area contributed by atoms with Gasteiger partial charge in [0.25, 0.3) is 0 Å². The average Bonchev–Trinajstić information content (AvgIpc) is 2.94. The van der Waals surface area contributed by atoms with E-state index >= 15 is 0 Å². The fourth-order valence-electron chi connectivity index (χ4n) is 3.51. The number of anilines is 1. The van der Waals surface area contributed by atoms with Gasteiger partial charge in [0, 0.05) is 28.0 Å². The Hall–Kier alpha value is -2.63. The van der Waals surface area contributed by atoms with E-state index in [1.54, 1.807) is 24.3 Å². The van der Waals surface area contributed by atoms with Crippen molar-refractivity contribution >= 4 is 39.9 Å². The Morgan fingerprint density at radius 1 is 1.19 bits per heavy atom. The van der Waals surface area contributed by atoms with Gasteiger partial charge in [-0.1, -0.05) is 29.8 Å². The van der Waals surface area contributed by atoms with Gasteiger partial charge in [-0.2, -0.15) is 0 Å². The zero-order chi connectivity index (χ0) is 18.1. The fourth-order valence-corrected chi connectivity index (χ4v) is 3.64. The van der Waals surface area contributed by atoms with Gasteiger partial charge in [-0.25, -0.2) is 0 Å². The predicted octanol–water partition coefficient (Wildman–Crippen LogP) is 2.52. The van der Waals surface area contributed by atoms with E-state index in [9.17, 15) is 9.59 Å². The first-order valence-electron chi connectivity index (χ1n) is 8.64. The molecule has 0 fully saturated rings. The maximum atomic E-state index is 13.0. The highest BCUT2D eigenvalue weighted by atomic mass is 35.5. The molecule has 5 nitrogen and oxygen atoms in total. The number of rotatable bonds is 3. The SMILES string of the molecule is O=C(C[C@@H]1[NH2+]CCc2c([nH]c3ccccc23)C1=O)Nc1ccc(Cl)cc1. The lowest BCUT2D eigenvalue weighted by molar-refractivity contribution is -0.673. The largest absolute Gasteiger partial charge is 0.352 e. The number of hydrogen-bond acceptors (Lipinski definition) is 2. The molecule has 0 radical (unpaired) electrons. The second kappa shape index (κ2) is 6.94. The van der Waals surface area contributed by atoms with Crippen LogP contribution >= 0.6 is 11.6 Å². The minimum Gasteiger partial charge on any atom is -0.352 e. The lowest BCUT2D eigenvalue weighted by Crippen LogP contribution is -2.92. The Morgan fingerprint density at radius 3 is 2.77 bits per heavy atom. The van der Waals surface area contributed by atoms with Gasteiger partial charge in [-0.05, 0) is 35.9 Å². The Morgan fingerprint density at radius 2 is 1.96 bits per heavy atom. The molecule has 26 heavy (non-hydrogen) atoms. The molecule has 4 rings (SSSR count). The number of aromatic nitrogens is 1. The number of nitrogens with one attached hydrogen (secondary N) is 2. The summed E-state index contributed by atoms with van der Waals surface area (Å²) in [7, 11) is 0. The molecular formula is C20H19ClN3O2+. The predicted molar refractivity (Wildman–Crippen MR) is 102 cm³/mol. The average molecular weight is 369 g/mol. The number of para-hydroxylation sites is 1. The van der Waals surface area contributed by atoms with E-state index in [-0.39, 0.29) is 18.1 Å². The molecule has 1 aliphatic rings. The number of Topliss-reactive ketones (excluding diaryl/α,β-unsaturated/α-hetero) is 1. The molecule has 0 saturated carbocycles. The van der Waals surface area contributed by atoms with Gasteiger partial charge in [-0.15, -0.1) is 0 Å². The summed E-state index contributed by atoms with van der Waals surface area (Å²) in [6.07, 6.45) is 0.941. The maximum absolute atomic E-state index is 13.0. The third-order valence-corrected chi connectivity index (χ3v) is 5.03. The standard InChI is InChI=1S/C20H18ClN3O2/c21-12-5-7-13(8-6-12)23-18(25)11-17-20(26)19-15(9-10-22-17)14-3-1-2-4-16(14)24-19/h1-8,17,22,24H,9-11H2,(H,23,25)/p+1/t17-/m0/s1. The van der Waals surface area contributed by atoms with E-state index < -0.39 is 6.04 Å². The first-order chi connectivity index (χ1) is 12.6. The van der Waals surface area contributed by atoms with Crippen LogP contribution in [0.2, 0.25) is 5.02 Å². The van der Waals surface area contributed by atoms with Gasteiger partial charge in [0.1, 0.15) is 0 Å². The molecule has 1 atom stereocenters. The molecule has 0 unspecified atom stereocenters. The zero-order valence-corrected chi connectivity index (χ0v) is 14.8.